The van der Waals surface area contributed by atoms with Crippen molar-refractivity contribution in [2.45, 2.75) is 0 Å². The first kappa shape index (κ1) is 17.1. The molecule has 0 amide bonds. The third-order valence-corrected chi connectivity index (χ3v) is 3.64. The summed E-state index contributed by atoms with van der Waals surface area (Å²) in [4.78, 5) is 23.7. The molecule has 0 aliphatic rings. The van der Waals surface area contributed by atoms with Crippen molar-refractivity contribution in [3.8, 4) is 23.3 Å². The molecule has 130 valence electrons. The summed E-state index contributed by atoms with van der Waals surface area (Å²) >= 11 is 0. The fourth-order valence-electron chi connectivity index (χ4n) is 2.36. The summed E-state index contributed by atoms with van der Waals surface area (Å²) in [5.74, 6) is 5.25. The van der Waals surface area contributed by atoms with E-state index >= 15 is 0 Å². The highest BCUT2D eigenvalue weighted by Gasteiger charge is 2.15. The second kappa shape index (κ2) is 7.03. The van der Waals surface area contributed by atoms with Crippen LogP contribution in [0, 0.1) is 11.8 Å². The molecule has 2 aromatic carbocycles. The van der Waals surface area contributed by atoms with Crippen molar-refractivity contribution in [2.75, 3.05) is 14.2 Å². The molecule has 0 spiro atoms. The lowest BCUT2D eigenvalue weighted by Crippen LogP contribution is -2.08. The van der Waals surface area contributed by atoms with Gasteiger partial charge < -0.3 is 19.0 Å². The number of methoxy groups -OCH3 is 2. The molecule has 3 aromatic rings. The van der Waals surface area contributed by atoms with Crippen molar-refractivity contribution in [1.82, 2.24) is 0 Å². The number of carbonyl (C=O) groups excluding carboxylic acids is 1. The van der Waals surface area contributed by atoms with Gasteiger partial charge in [0, 0.05) is 17.2 Å². The fourth-order valence-corrected chi connectivity index (χ4v) is 2.36. The molecule has 26 heavy (non-hydrogen) atoms. The fraction of sp³-hybridized carbons (Fsp3) is 0.100. The van der Waals surface area contributed by atoms with Gasteiger partial charge in [0.2, 0.25) is 5.76 Å². The van der Waals surface area contributed by atoms with Gasteiger partial charge in [-0.05, 0) is 36.4 Å². The van der Waals surface area contributed by atoms with Crippen LogP contribution < -0.4 is 10.2 Å². The van der Waals surface area contributed by atoms with E-state index in [9.17, 15) is 14.7 Å². The Hall–Kier alpha value is -3.72. The van der Waals surface area contributed by atoms with Gasteiger partial charge in [-0.1, -0.05) is 11.8 Å². The van der Waals surface area contributed by atoms with Gasteiger partial charge in [-0.25, -0.2) is 4.79 Å². The van der Waals surface area contributed by atoms with Gasteiger partial charge in [-0.3, -0.25) is 4.79 Å². The molecule has 6 nitrogen and oxygen atoms in total. The van der Waals surface area contributed by atoms with Gasteiger partial charge in [-0.2, -0.15) is 0 Å². The van der Waals surface area contributed by atoms with Crippen LogP contribution in [0.4, 0.5) is 0 Å². The number of hydrogen-bond donors (Lipinski definition) is 1. The molecule has 0 saturated heterocycles. The first-order valence-electron chi connectivity index (χ1n) is 7.57. The van der Waals surface area contributed by atoms with E-state index in [0.29, 0.717) is 5.56 Å². The third kappa shape index (κ3) is 3.37. The number of ether oxygens (including phenoxy) is 2. The molecule has 0 unspecified atom stereocenters. The highest BCUT2D eigenvalue weighted by Crippen LogP contribution is 2.24. The zero-order valence-corrected chi connectivity index (χ0v) is 14.0. The molecule has 0 aliphatic carbocycles. The molecule has 3 rings (SSSR count). The number of esters is 1. The second-order valence-electron chi connectivity index (χ2n) is 5.31. The van der Waals surface area contributed by atoms with Crippen molar-refractivity contribution in [3.63, 3.8) is 0 Å². The van der Waals surface area contributed by atoms with Crippen LogP contribution in [0.25, 0.3) is 11.0 Å². The van der Waals surface area contributed by atoms with Crippen LogP contribution >= 0.6 is 0 Å². The maximum absolute atomic E-state index is 12.1. The van der Waals surface area contributed by atoms with Gasteiger partial charge in [0.05, 0.1) is 14.2 Å². The van der Waals surface area contributed by atoms with E-state index in [1.165, 1.54) is 19.2 Å². The summed E-state index contributed by atoms with van der Waals surface area (Å²) in [6, 6.07) is 11.0. The standard InChI is InChI=1S/C20H14O6/c1-24-14-7-5-12(6-8-14)3-4-13-9-15(21)19-16(22)11-18(20(23)25-2)26-17(19)10-13/h5-11,21H,1-2H3. The van der Waals surface area contributed by atoms with E-state index in [2.05, 4.69) is 16.6 Å². The monoisotopic (exact) mass is 350 g/mol. The van der Waals surface area contributed by atoms with Crippen LogP contribution in [0.1, 0.15) is 21.7 Å². The van der Waals surface area contributed by atoms with E-state index in [1.54, 1.807) is 31.4 Å². The number of phenols is 1. The van der Waals surface area contributed by atoms with E-state index in [1.807, 2.05) is 0 Å². The summed E-state index contributed by atoms with van der Waals surface area (Å²) in [6.45, 7) is 0. The van der Waals surface area contributed by atoms with Crippen molar-refractivity contribution in [3.05, 3.63) is 69.6 Å². The minimum atomic E-state index is -0.779. The minimum Gasteiger partial charge on any atom is -0.507 e. The summed E-state index contributed by atoms with van der Waals surface area (Å²) in [5.41, 5.74) is 0.682. The Morgan fingerprint density at radius 1 is 1.04 bits per heavy atom. The predicted octanol–water partition coefficient (Wildman–Crippen LogP) is 2.69. The molecule has 0 radical (unpaired) electrons. The summed E-state index contributed by atoms with van der Waals surface area (Å²) < 4.78 is 15.0. The molecule has 0 bridgehead atoms. The van der Waals surface area contributed by atoms with Crippen molar-refractivity contribution < 1.29 is 23.8 Å². The highest BCUT2D eigenvalue weighted by atomic mass is 16.5. The Morgan fingerprint density at radius 3 is 2.38 bits per heavy atom. The maximum Gasteiger partial charge on any atom is 0.374 e. The maximum atomic E-state index is 12.1. The summed E-state index contributed by atoms with van der Waals surface area (Å²) in [6.07, 6.45) is 0. The number of benzene rings is 2. The van der Waals surface area contributed by atoms with E-state index in [0.717, 1.165) is 17.4 Å². The molecule has 0 atom stereocenters. The lowest BCUT2D eigenvalue weighted by atomic mass is 10.1. The van der Waals surface area contributed by atoms with Crippen molar-refractivity contribution in [1.29, 1.82) is 0 Å². The summed E-state index contributed by atoms with van der Waals surface area (Å²) in [7, 11) is 2.76. The lowest BCUT2D eigenvalue weighted by molar-refractivity contribution is 0.0565. The molecule has 0 saturated carbocycles. The second-order valence-corrected chi connectivity index (χ2v) is 5.31. The van der Waals surface area contributed by atoms with E-state index < -0.39 is 11.4 Å². The third-order valence-electron chi connectivity index (χ3n) is 3.64. The van der Waals surface area contributed by atoms with Crippen LogP contribution in [-0.2, 0) is 4.74 Å². The highest BCUT2D eigenvalue weighted by molar-refractivity contribution is 5.91. The Labute approximate surface area is 148 Å². The van der Waals surface area contributed by atoms with Crippen LogP contribution in [0.2, 0.25) is 0 Å². The first-order valence-corrected chi connectivity index (χ1v) is 7.57. The molecule has 1 aromatic heterocycles. The molecule has 1 N–H and O–H groups in total. The van der Waals surface area contributed by atoms with E-state index in [-0.39, 0.29) is 22.5 Å². The number of aromatic hydroxyl groups is 1. The first-order chi connectivity index (χ1) is 12.5. The van der Waals surface area contributed by atoms with Crippen LogP contribution in [0.3, 0.4) is 0 Å². The smallest absolute Gasteiger partial charge is 0.374 e. The number of rotatable bonds is 2. The van der Waals surface area contributed by atoms with Gasteiger partial charge >= 0.3 is 5.97 Å². The number of carbonyl (C=O) groups is 1. The average Bonchev–Trinajstić information content (AvgIpc) is 2.65. The average molecular weight is 350 g/mol. The van der Waals surface area contributed by atoms with Gasteiger partial charge in [0.15, 0.2) is 5.43 Å². The Bertz CT molecular complexity index is 1100. The van der Waals surface area contributed by atoms with Crippen LogP contribution in [-0.4, -0.2) is 25.3 Å². The molecular formula is C20H14O6. The predicted molar refractivity (Wildman–Crippen MR) is 94.5 cm³/mol. The van der Waals surface area contributed by atoms with Gasteiger partial charge in [0.1, 0.15) is 22.5 Å². The SMILES string of the molecule is COC(=O)c1cc(=O)c2c(O)cc(C#Cc3ccc(OC)cc3)cc2o1. The van der Waals surface area contributed by atoms with E-state index in [4.69, 9.17) is 9.15 Å². The van der Waals surface area contributed by atoms with Crippen molar-refractivity contribution in [2.24, 2.45) is 0 Å². The Morgan fingerprint density at radius 2 is 1.73 bits per heavy atom. The minimum absolute atomic E-state index is 0.0207. The Kier molecular flexibility index (Phi) is 4.63. The number of hydrogen-bond acceptors (Lipinski definition) is 6. The molecule has 1 heterocycles. The zero-order valence-electron chi connectivity index (χ0n) is 14.0. The number of phenolic OH excluding ortho intramolecular Hbond substituents is 1. The van der Waals surface area contributed by atoms with Gasteiger partial charge in [0.25, 0.3) is 0 Å². The number of fused-ring (bicyclic) bond motifs is 1. The topological polar surface area (TPSA) is 86.0 Å². The molecule has 0 aliphatic heterocycles. The zero-order chi connectivity index (χ0) is 18.7. The van der Waals surface area contributed by atoms with Crippen LogP contribution in [0.5, 0.6) is 11.5 Å². The molecule has 0 fully saturated rings. The Balaban J connectivity index is 2.06. The molecular weight excluding hydrogens is 336 g/mol. The quantitative estimate of drug-likeness (QED) is 0.565. The summed E-state index contributed by atoms with van der Waals surface area (Å²) in [5, 5.41) is 10.1. The largest absolute Gasteiger partial charge is 0.507 e. The normalized spacial score (nSPS) is 10.1. The van der Waals surface area contributed by atoms with Crippen molar-refractivity contribution >= 4 is 16.9 Å². The molecule has 6 heteroatoms. The lowest BCUT2D eigenvalue weighted by Gasteiger charge is -2.03. The van der Waals surface area contributed by atoms with Crippen LogP contribution in [0.15, 0.2) is 51.7 Å². The van der Waals surface area contributed by atoms with Gasteiger partial charge in [-0.15, -0.1) is 0 Å².